The van der Waals surface area contributed by atoms with Gasteiger partial charge in [-0.1, -0.05) is 18.2 Å². The molecule has 1 rings (SSSR count). The van der Waals surface area contributed by atoms with E-state index in [0.717, 1.165) is 0 Å². The quantitative estimate of drug-likeness (QED) is 0.498. The summed E-state index contributed by atoms with van der Waals surface area (Å²) in [5.41, 5.74) is 0.153. The fourth-order valence-corrected chi connectivity index (χ4v) is 0.658. The molecule has 3 nitrogen and oxygen atoms in total. The fourth-order valence-electron chi connectivity index (χ4n) is 0.658. The van der Waals surface area contributed by atoms with Crippen molar-refractivity contribution >= 4 is 11.8 Å². The Balaban J connectivity index is 2.95. The van der Waals surface area contributed by atoms with Crippen molar-refractivity contribution in [2.24, 2.45) is 0 Å². The summed E-state index contributed by atoms with van der Waals surface area (Å²) in [5, 5.41) is 8.27. The molecule has 11 heavy (non-hydrogen) atoms. The molecule has 0 heterocycles. The molecule has 1 aromatic carbocycles. The zero-order chi connectivity index (χ0) is 8.27. The van der Waals surface area contributed by atoms with E-state index >= 15 is 0 Å². The average molecular weight is 149 g/mol. The number of ketones is 1. The largest absolute Gasteiger partial charge is 0.475 e. The molecule has 0 unspecified atom stereocenters. The predicted octanol–water partition coefficient (Wildman–Crippen LogP) is 0.754. The third-order valence-corrected chi connectivity index (χ3v) is 1.16. The Morgan fingerprint density at radius 1 is 1.45 bits per heavy atom. The Labute approximate surface area is 63.3 Å². The van der Waals surface area contributed by atoms with Gasteiger partial charge in [0.1, 0.15) is 0 Å². The summed E-state index contributed by atoms with van der Waals surface area (Å²) in [4.78, 5) is 20.9. The SMILES string of the molecule is O=C(O)C(=O)c1c[c]ccc1. The van der Waals surface area contributed by atoms with Gasteiger partial charge in [-0.3, -0.25) is 4.79 Å². The highest BCUT2D eigenvalue weighted by Gasteiger charge is 2.12. The van der Waals surface area contributed by atoms with Gasteiger partial charge in [0.05, 0.1) is 0 Å². The lowest BCUT2D eigenvalue weighted by Crippen LogP contribution is -2.12. The number of hydrogen-bond donors (Lipinski definition) is 1. The normalized spacial score (nSPS) is 9.09. The molecule has 1 radical (unpaired) electrons. The van der Waals surface area contributed by atoms with Crippen molar-refractivity contribution < 1.29 is 14.7 Å². The molecule has 0 aromatic heterocycles. The Bertz CT molecular complexity index is 277. The van der Waals surface area contributed by atoms with Gasteiger partial charge in [0.15, 0.2) is 0 Å². The molecule has 3 heteroatoms. The lowest BCUT2D eigenvalue weighted by molar-refractivity contribution is -0.131. The second-order valence-electron chi connectivity index (χ2n) is 1.93. The van der Waals surface area contributed by atoms with Crippen LogP contribution >= 0.6 is 0 Å². The summed E-state index contributed by atoms with van der Waals surface area (Å²) in [7, 11) is 0. The predicted molar refractivity (Wildman–Crippen MR) is 37.2 cm³/mol. The van der Waals surface area contributed by atoms with E-state index in [1.807, 2.05) is 0 Å². The first kappa shape index (κ1) is 7.47. The highest BCUT2D eigenvalue weighted by molar-refractivity contribution is 6.39. The van der Waals surface area contributed by atoms with E-state index in [9.17, 15) is 9.59 Å². The zero-order valence-corrected chi connectivity index (χ0v) is 5.57. The maximum atomic E-state index is 10.7. The highest BCUT2D eigenvalue weighted by atomic mass is 16.4. The van der Waals surface area contributed by atoms with Gasteiger partial charge in [0.2, 0.25) is 0 Å². The molecule has 0 aliphatic carbocycles. The van der Waals surface area contributed by atoms with E-state index in [1.165, 1.54) is 12.1 Å². The molecule has 1 N–H and O–H groups in total. The van der Waals surface area contributed by atoms with Gasteiger partial charge in [0.25, 0.3) is 5.78 Å². The van der Waals surface area contributed by atoms with Crippen molar-refractivity contribution in [1.82, 2.24) is 0 Å². The molecule has 0 atom stereocenters. The maximum Gasteiger partial charge on any atom is 0.377 e. The summed E-state index contributed by atoms with van der Waals surface area (Å²) < 4.78 is 0. The molecule has 0 bridgehead atoms. The molecular formula is C8H5O3. The number of aliphatic carboxylic acids is 1. The van der Waals surface area contributed by atoms with E-state index in [1.54, 1.807) is 12.1 Å². The minimum Gasteiger partial charge on any atom is -0.475 e. The maximum absolute atomic E-state index is 10.7. The second-order valence-corrected chi connectivity index (χ2v) is 1.93. The Morgan fingerprint density at radius 2 is 2.18 bits per heavy atom. The van der Waals surface area contributed by atoms with Crippen molar-refractivity contribution in [3.8, 4) is 0 Å². The van der Waals surface area contributed by atoms with Crippen LogP contribution in [0.15, 0.2) is 24.3 Å². The lowest BCUT2D eigenvalue weighted by Gasteiger charge is -1.91. The van der Waals surface area contributed by atoms with E-state index in [0.29, 0.717) is 0 Å². The average Bonchev–Trinajstić information content (AvgIpc) is 2.05. The fraction of sp³-hybridized carbons (Fsp3) is 0. The number of Topliss-reactive ketones (excluding diaryl/α,β-unsaturated/α-hetero) is 1. The molecule has 0 aliphatic rings. The van der Waals surface area contributed by atoms with Gasteiger partial charge >= 0.3 is 5.97 Å². The van der Waals surface area contributed by atoms with Crippen LogP contribution in [-0.2, 0) is 4.79 Å². The van der Waals surface area contributed by atoms with Crippen molar-refractivity contribution in [2.45, 2.75) is 0 Å². The molecule has 55 valence electrons. The van der Waals surface area contributed by atoms with Crippen LogP contribution in [0.2, 0.25) is 0 Å². The number of carboxylic acids is 1. The van der Waals surface area contributed by atoms with Crippen LogP contribution in [0, 0.1) is 6.07 Å². The number of benzene rings is 1. The van der Waals surface area contributed by atoms with Gasteiger partial charge in [-0.25, -0.2) is 4.79 Å². The Kier molecular flexibility index (Phi) is 2.01. The molecule has 0 spiro atoms. The number of rotatable bonds is 2. The smallest absolute Gasteiger partial charge is 0.377 e. The van der Waals surface area contributed by atoms with Gasteiger partial charge in [-0.2, -0.15) is 0 Å². The van der Waals surface area contributed by atoms with Crippen molar-refractivity contribution in [3.63, 3.8) is 0 Å². The summed E-state index contributed by atoms with van der Waals surface area (Å²) in [6.07, 6.45) is 0. The van der Waals surface area contributed by atoms with Crippen molar-refractivity contribution in [1.29, 1.82) is 0 Å². The first-order valence-corrected chi connectivity index (χ1v) is 2.95. The number of carbonyl (C=O) groups is 2. The minimum absolute atomic E-state index is 0.153. The van der Waals surface area contributed by atoms with Crippen molar-refractivity contribution in [3.05, 3.63) is 35.9 Å². The number of hydrogen-bond acceptors (Lipinski definition) is 2. The first-order chi connectivity index (χ1) is 5.22. The van der Waals surface area contributed by atoms with Crippen LogP contribution < -0.4 is 0 Å². The van der Waals surface area contributed by atoms with Gasteiger partial charge in [-0.05, 0) is 12.1 Å². The Hall–Kier alpha value is -1.64. The van der Waals surface area contributed by atoms with E-state index in [4.69, 9.17) is 5.11 Å². The van der Waals surface area contributed by atoms with Crippen LogP contribution in [0.25, 0.3) is 0 Å². The number of carboxylic acid groups (broad SMARTS) is 1. The second kappa shape index (κ2) is 2.96. The monoisotopic (exact) mass is 149 g/mol. The molecule has 0 saturated carbocycles. The van der Waals surface area contributed by atoms with E-state index < -0.39 is 11.8 Å². The molecule has 0 amide bonds. The molecule has 0 aliphatic heterocycles. The molecule has 0 fully saturated rings. The zero-order valence-electron chi connectivity index (χ0n) is 5.57. The third-order valence-electron chi connectivity index (χ3n) is 1.16. The van der Waals surface area contributed by atoms with E-state index in [-0.39, 0.29) is 5.56 Å². The lowest BCUT2D eigenvalue weighted by atomic mass is 10.1. The Morgan fingerprint density at radius 3 is 2.64 bits per heavy atom. The van der Waals surface area contributed by atoms with Crippen LogP contribution in [0.5, 0.6) is 0 Å². The van der Waals surface area contributed by atoms with Gasteiger partial charge < -0.3 is 5.11 Å². The van der Waals surface area contributed by atoms with Crippen LogP contribution in [0.3, 0.4) is 0 Å². The summed E-state index contributed by atoms with van der Waals surface area (Å²) in [6, 6.07) is 8.56. The highest BCUT2D eigenvalue weighted by Crippen LogP contribution is 1.98. The first-order valence-electron chi connectivity index (χ1n) is 2.95. The van der Waals surface area contributed by atoms with Crippen LogP contribution in [0.4, 0.5) is 0 Å². The van der Waals surface area contributed by atoms with Gasteiger partial charge in [0, 0.05) is 5.56 Å². The third kappa shape index (κ3) is 1.64. The van der Waals surface area contributed by atoms with Crippen molar-refractivity contribution in [2.75, 3.05) is 0 Å². The van der Waals surface area contributed by atoms with E-state index in [2.05, 4.69) is 6.07 Å². The molecular weight excluding hydrogens is 144 g/mol. The standard InChI is InChI=1S/C8H5O3/c9-7(8(10)11)6-4-2-1-3-5-6/h1-2,4-5H,(H,10,11). The van der Waals surface area contributed by atoms with Crippen LogP contribution in [-0.4, -0.2) is 16.9 Å². The summed E-state index contributed by atoms with van der Waals surface area (Å²) >= 11 is 0. The topological polar surface area (TPSA) is 54.4 Å². The summed E-state index contributed by atoms with van der Waals surface area (Å²) in [6.45, 7) is 0. The molecule has 0 saturated heterocycles. The molecule has 1 aromatic rings. The minimum atomic E-state index is -1.44. The number of carbonyl (C=O) groups excluding carboxylic acids is 1. The van der Waals surface area contributed by atoms with Crippen LogP contribution in [0.1, 0.15) is 10.4 Å². The van der Waals surface area contributed by atoms with Gasteiger partial charge in [-0.15, -0.1) is 0 Å². The summed E-state index contributed by atoms with van der Waals surface area (Å²) in [5.74, 6) is -2.34.